The van der Waals surface area contributed by atoms with E-state index in [0.717, 1.165) is 5.56 Å². The Balaban J connectivity index is 1.97. The molecule has 1 saturated heterocycles. The molecule has 1 unspecified atom stereocenters. The molecule has 1 heterocycles. The Hall–Kier alpha value is -1.30. The fraction of sp³-hybridized carbons (Fsp3) is 0.571. The van der Waals surface area contributed by atoms with E-state index in [1.54, 1.807) is 24.3 Å². The first kappa shape index (κ1) is 18.0. The molecule has 0 amide bonds. The lowest BCUT2D eigenvalue weighted by Crippen LogP contribution is -3.04. The van der Waals surface area contributed by atoms with Crippen molar-refractivity contribution in [3.63, 3.8) is 0 Å². The molecule has 1 aromatic rings. The predicted molar refractivity (Wildman–Crippen MR) is 75.5 cm³/mol. The molecule has 0 radical (unpaired) electrons. The third kappa shape index (κ3) is 4.59. The largest absolute Gasteiger partial charge is 0.600 e. The number of hydroxylamine groups is 2. The Morgan fingerprint density at radius 3 is 2.30 bits per heavy atom. The van der Waals surface area contributed by atoms with Gasteiger partial charge in [-0.2, -0.15) is 0 Å². The Labute approximate surface area is 132 Å². The van der Waals surface area contributed by atoms with Crippen molar-refractivity contribution < 1.29 is 40.3 Å². The van der Waals surface area contributed by atoms with E-state index >= 15 is 0 Å². The molecule has 1 aliphatic rings. The maximum atomic E-state index is 10.5. The first-order valence-electron chi connectivity index (χ1n) is 7.20. The molecule has 9 heteroatoms. The van der Waals surface area contributed by atoms with Crippen LogP contribution in [0.25, 0.3) is 0 Å². The van der Waals surface area contributed by atoms with E-state index in [9.17, 15) is 20.5 Å². The zero-order valence-corrected chi connectivity index (χ0v) is 12.3. The number of aliphatic hydroxyl groups excluding tert-OH is 4. The Morgan fingerprint density at radius 2 is 1.74 bits per heavy atom. The number of quaternary nitrogens is 1. The van der Waals surface area contributed by atoms with Gasteiger partial charge in [0.05, 0.1) is 6.61 Å². The van der Waals surface area contributed by atoms with Crippen molar-refractivity contribution in [1.82, 2.24) is 0 Å². The maximum Gasteiger partial charge on any atom is 0.229 e. The van der Waals surface area contributed by atoms with Crippen LogP contribution in [0.2, 0.25) is 0 Å². The van der Waals surface area contributed by atoms with Gasteiger partial charge in [0.1, 0.15) is 36.7 Å². The minimum Gasteiger partial charge on any atom is -0.600 e. The second-order valence-corrected chi connectivity index (χ2v) is 5.35. The first-order valence-corrected chi connectivity index (χ1v) is 7.20. The van der Waals surface area contributed by atoms with Gasteiger partial charge in [-0.15, -0.1) is 0 Å². The van der Waals surface area contributed by atoms with Gasteiger partial charge >= 0.3 is 0 Å². The van der Waals surface area contributed by atoms with Crippen LogP contribution in [-0.2, 0) is 11.2 Å². The monoisotopic (exact) mass is 331 g/mol. The average molecular weight is 331 g/mol. The lowest BCUT2D eigenvalue weighted by atomic mass is 9.99. The summed E-state index contributed by atoms with van der Waals surface area (Å²) < 4.78 is 10.7. The fourth-order valence-electron chi connectivity index (χ4n) is 2.28. The van der Waals surface area contributed by atoms with E-state index in [2.05, 4.69) is 0 Å². The second-order valence-electron chi connectivity index (χ2n) is 5.35. The molecular formula is C14H21NO8. The molecular weight excluding hydrogens is 310 g/mol. The first-order chi connectivity index (χ1) is 10.9. The number of rotatable bonds is 6. The van der Waals surface area contributed by atoms with Gasteiger partial charge in [-0.1, -0.05) is 12.1 Å². The molecule has 23 heavy (non-hydrogen) atoms. The summed E-state index contributed by atoms with van der Waals surface area (Å²) in [6.07, 6.45) is -6.30. The van der Waals surface area contributed by atoms with E-state index in [-0.39, 0.29) is 6.54 Å². The number of ether oxygens (including phenoxy) is 2. The molecule has 1 aliphatic heterocycles. The van der Waals surface area contributed by atoms with Gasteiger partial charge in [0.25, 0.3) is 0 Å². The zero-order chi connectivity index (χ0) is 17.0. The van der Waals surface area contributed by atoms with Crippen molar-refractivity contribution in [3.05, 3.63) is 35.0 Å². The summed E-state index contributed by atoms with van der Waals surface area (Å²) in [6, 6.07) is 6.53. The van der Waals surface area contributed by atoms with Gasteiger partial charge in [0.15, 0.2) is 0 Å². The third-order valence-corrected chi connectivity index (χ3v) is 3.65. The summed E-state index contributed by atoms with van der Waals surface area (Å²) in [5, 5.41) is 56.6. The molecule has 6 N–H and O–H groups in total. The quantitative estimate of drug-likeness (QED) is 0.306. The zero-order valence-electron chi connectivity index (χ0n) is 12.3. The number of hydrogen-bond acceptors (Lipinski definition) is 8. The van der Waals surface area contributed by atoms with Crippen LogP contribution in [0.15, 0.2) is 24.3 Å². The Bertz CT molecular complexity index is 480. The smallest absolute Gasteiger partial charge is 0.229 e. The minimum atomic E-state index is -1.50. The molecule has 130 valence electrons. The lowest BCUT2D eigenvalue weighted by Gasteiger charge is -2.39. The Kier molecular flexibility index (Phi) is 6.27. The van der Waals surface area contributed by atoms with E-state index in [1.807, 2.05) is 0 Å². The van der Waals surface area contributed by atoms with Gasteiger partial charge in [0.2, 0.25) is 6.29 Å². The fourth-order valence-corrected chi connectivity index (χ4v) is 2.28. The summed E-state index contributed by atoms with van der Waals surface area (Å²) in [5.74, 6) is 0.341. The van der Waals surface area contributed by atoms with Gasteiger partial charge in [-0.05, 0) is 17.7 Å². The van der Waals surface area contributed by atoms with Crippen LogP contribution < -0.4 is 9.96 Å². The summed E-state index contributed by atoms with van der Waals surface area (Å²) in [5.41, 5.74) is 0.813. The predicted octanol–water partition coefficient (Wildman–Crippen LogP) is -2.82. The highest BCUT2D eigenvalue weighted by Crippen LogP contribution is 2.24. The highest BCUT2D eigenvalue weighted by molar-refractivity contribution is 5.27. The SMILES string of the molecule is [O-][NH+](O)CCc1ccc(O[C@H]2O[C@H](CO)[C@@H](O)[C@H](O)[C@H]2O)cc1. The Morgan fingerprint density at radius 1 is 1.09 bits per heavy atom. The van der Waals surface area contributed by atoms with Crippen LogP contribution >= 0.6 is 0 Å². The summed E-state index contributed by atoms with van der Waals surface area (Å²) in [4.78, 5) is 0. The number of hydrogen-bond donors (Lipinski definition) is 6. The van der Waals surface area contributed by atoms with Crippen molar-refractivity contribution in [2.75, 3.05) is 13.2 Å². The van der Waals surface area contributed by atoms with Crippen molar-refractivity contribution >= 4 is 0 Å². The van der Waals surface area contributed by atoms with Crippen LogP contribution in [0, 0.1) is 5.21 Å². The van der Waals surface area contributed by atoms with Crippen LogP contribution in [0.5, 0.6) is 5.75 Å². The molecule has 6 atom stereocenters. The van der Waals surface area contributed by atoms with Gasteiger partial charge in [-0.25, -0.2) is 10.4 Å². The van der Waals surface area contributed by atoms with E-state index in [0.29, 0.717) is 12.2 Å². The number of nitrogens with one attached hydrogen (secondary N) is 1. The maximum absolute atomic E-state index is 10.5. The second kappa shape index (κ2) is 7.99. The normalized spacial score (nSPS) is 32.5. The minimum absolute atomic E-state index is 0.0207. The highest BCUT2D eigenvalue weighted by atomic mass is 16.8. The lowest BCUT2D eigenvalue weighted by molar-refractivity contribution is -1.05. The van der Waals surface area contributed by atoms with Gasteiger partial charge in [-0.3, -0.25) is 0 Å². The third-order valence-electron chi connectivity index (χ3n) is 3.65. The molecule has 1 aromatic carbocycles. The van der Waals surface area contributed by atoms with Gasteiger partial charge < -0.3 is 35.1 Å². The summed E-state index contributed by atoms with van der Waals surface area (Å²) in [7, 11) is 0. The standard InChI is InChI=1S/C14H21NO8/c16-7-10-11(17)12(18)13(19)14(23-10)22-9-3-1-8(2-4-9)5-6-15(20)21/h1-4,10-20H,5-7H2/t10-,11-,12+,13-,14+/m1/s1. The van der Waals surface area contributed by atoms with Crippen LogP contribution in [-0.4, -0.2) is 69.5 Å². The van der Waals surface area contributed by atoms with Crippen molar-refractivity contribution in [2.24, 2.45) is 0 Å². The molecule has 2 rings (SSSR count). The summed E-state index contributed by atoms with van der Waals surface area (Å²) >= 11 is 0. The number of benzene rings is 1. The highest BCUT2D eigenvalue weighted by Gasteiger charge is 2.44. The molecule has 0 saturated carbocycles. The van der Waals surface area contributed by atoms with Crippen LogP contribution in [0.4, 0.5) is 0 Å². The van der Waals surface area contributed by atoms with Gasteiger partial charge in [0, 0.05) is 6.42 Å². The molecule has 0 spiro atoms. The molecule has 0 bridgehead atoms. The molecule has 9 nitrogen and oxygen atoms in total. The molecule has 0 aliphatic carbocycles. The van der Waals surface area contributed by atoms with E-state index in [1.165, 1.54) is 0 Å². The van der Waals surface area contributed by atoms with Crippen molar-refractivity contribution in [3.8, 4) is 5.75 Å². The average Bonchev–Trinajstić information content (AvgIpc) is 2.54. The van der Waals surface area contributed by atoms with Crippen LogP contribution in [0.3, 0.4) is 0 Å². The topological polar surface area (TPSA) is 147 Å². The number of aliphatic hydroxyl groups is 4. The van der Waals surface area contributed by atoms with Crippen molar-refractivity contribution in [1.29, 1.82) is 0 Å². The summed E-state index contributed by atoms with van der Waals surface area (Å²) in [6.45, 7) is -0.508. The molecule has 1 fully saturated rings. The van der Waals surface area contributed by atoms with Crippen molar-refractivity contribution in [2.45, 2.75) is 37.1 Å². The van der Waals surface area contributed by atoms with E-state index < -0.39 is 42.5 Å². The molecule has 0 aromatic heterocycles. The van der Waals surface area contributed by atoms with Crippen LogP contribution in [0.1, 0.15) is 5.56 Å². The van der Waals surface area contributed by atoms with E-state index in [4.69, 9.17) is 19.8 Å².